The lowest BCUT2D eigenvalue weighted by molar-refractivity contribution is -0.138. The average molecular weight is 248 g/mol. The Kier molecular flexibility index (Phi) is 3.50. The Labute approximate surface area is 106 Å². The van der Waals surface area contributed by atoms with Crippen molar-refractivity contribution in [2.24, 2.45) is 0 Å². The number of rotatable bonds is 2. The fraction of sp³-hybridized carbons (Fsp3) is 0.385. The largest absolute Gasteiger partial charge is 0.470 e. The van der Waals surface area contributed by atoms with Gasteiger partial charge in [-0.05, 0) is 25.5 Å². The zero-order chi connectivity index (χ0) is 13.1. The SMILES string of the molecule is CCC(C)NC(=O)C(=O)N1COc2ccccc21. The van der Waals surface area contributed by atoms with E-state index in [0.29, 0.717) is 11.4 Å². The van der Waals surface area contributed by atoms with Gasteiger partial charge in [0.1, 0.15) is 5.75 Å². The number of nitrogens with one attached hydrogen (secondary N) is 1. The molecule has 1 atom stereocenters. The number of fused-ring (bicyclic) bond motifs is 1. The summed E-state index contributed by atoms with van der Waals surface area (Å²) < 4.78 is 5.34. The van der Waals surface area contributed by atoms with E-state index in [2.05, 4.69) is 5.32 Å². The number of nitrogens with zero attached hydrogens (tertiary/aromatic N) is 1. The maximum Gasteiger partial charge on any atom is 0.319 e. The van der Waals surface area contributed by atoms with Gasteiger partial charge in [-0.25, -0.2) is 0 Å². The number of para-hydroxylation sites is 2. The molecule has 2 amide bonds. The summed E-state index contributed by atoms with van der Waals surface area (Å²) in [6, 6.07) is 7.15. The summed E-state index contributed by atoms with van der Waals surface area (Å²) in [6.07, 6.45) is 0.784. The molecule has 1 aliphatic heterocycles. The number of amides is 2. The Morgan fingerprint density at radius 3 is 2.89 bits per heavy atom. The van der Waals surface area contributed by atoms with Crippen molar-refractivity contribution in [1.82, 2.24) is 5.32 Å². The van der Waals surface area contributed by atoms with Gasteiger partial charge in [0.2, 0.25) is 0 Å². The van der Waals surface area contributed by atoms with Gasteiger partial charge in [0.15, 0.2) is 6.73 Å². The van der Waals surface area contributed by atoms with Crippen LogP contribution in [0.5, 0.6) is 5.75 Å². The van der Waals surface area contributed by atoms with Crippen LogP contribution in [0.15, 0.2) is 24.3 Å². The van der Waals surface area contributed by atoms with Gasteiger partial charge in [0, 0.05) is 6.04 Å². The summed E-state index contributed by atoms with van der Waals surface area (Å²) in [5.41, 5.74) is 0.641. The second-order valence-electron chi connectivity index (χ2n) is 4.26. The molecule has 0 fully saturated rings. The van der Waals surface area contributed by atoms with E-state index in [9.17, 15) is 9.59 Å². The van der Waals surface area contributed by atoms with E-state index >= 15 is 0 Å². The molecule has 0 radical (unpaired) electrons. The number of anilines is 1. The molecular formula is C13H16N2O3. The highest BCUT2D eigenvalue weighted by Crippen LogP contribution is 2.33. The molecule has 0 spiro atoms. The van der Waals surface area contributed by atoms with Crippen molar-refractivity contribution in [2.75, 3.05) is 11.6 Å². The molecule has 96 valence electrons. The van der Waals surface area contributed by atoms with Crippen LogP contribution in [-0.4, -0.2) is 24.6 Å². The van der Waals surface area contributed by atoms with Crippen LogP contribution in [0.1, 0.15) is 20.3 Å². The minimum Gasteiger partial charge on any atom is -0.470 e. The zero-order valence-electron chi connectivity index (χ0n) is 10.5. The number of hydrogen-bond donors (Lipinski definition) is 1. The summed E-state index contributed by atoms with van der Waals surface area (Å²) in [6.45, 7) is 3.90. The summed E-state index contributed by atoms with van der Waals surface area (Å²) in [4.78, 5) is 25.1. The zero-order valence-corrected chi connectivity index (χ0v) is 10.5. The summed E-state index contributed by atoms with van der Waals surface area (Å²) in [7, 11) is 0. The predicted octanol–water partition coefficient (Wildman–Crippen LogP) is 1.28. The van der Waals surface area contributed by atoms with Crippen LogP contribution >= 0.6 is 0 Å². The molecule has 0 aromatic heterocycles. The van der Waals surface area contributed by atoms with Gasteiger partial charge < -0.3 is 10.1 Å². The van der Waals surface area contributed by atoms with Crippen molar-refractivity contribution in [3.63, 3.8) is 0 Å². The smallest absolute Gasteiger partial charge is 0.319 e. The summed E-state index contributed by atoms with van der Waals surface area (Å²) in [5, 5.41) is 2.65. The Balaban J connectivity index is 2.10. The maximum absolute atomic E-state index is 12.0. The minimum atomic E-state index is -0.593. The van der Waals surface area contributed by atoms with E-state index in [4.69, 9.17) is 4.74 Å². The van der Waals surface area contributed by atoms with Crippen LogP contribution in [0.3, 0.4) is 0 Å². The highest BCUT2D eigenvalue weighted by Gasteiger charge is 2.30. The third kappa shape index (κ3) is 2.30. The van der Waals surface area contributed by atoms with Crippen molar-refractivity contribution in [2.45, 2.75) is 26.3 Å². The lowest BCUT2D eigenvalue weighted by atomic mass is 10.2. The molecule has 5 heteroatoms. The molecule has 1 heterocycles. The topological polar surface area (TPSA) is 58.6 Å². The average Bonchev–Trinajstić information content (AvgIpc) is 2.81. The molecule has 0 saturated carbocycles. The van der Waals surface area contributed by atoms with Crippen LogP contribution in [0.4, 0.5) is 5.69 Å². The first kappa shape index (κ1) is 12.4. The number of carbonyl (C=O) groups excluding carboxylic acids is 2. The highest BCUT2D eigenvalue weighted by atomic mass is 16.5. The van der Waals surface area contributed by atoms with Crippen LogP contribution < -0.4 is 15.0 Å². The standard InChI is InChI=1S/C13H16N2O3/c1-3-9(2)14-12(16)13(17)15-8-18-11-7-5-4-6-10(11)15/h4-7,9H,3,8H2,1-2H3,(H,14,16). The fourth-order valence-electron chi connectivity index (χ4n) is 1.68. The van der Waals surface area contributed by atoms with Crippen LogP contribution in [-0.2, 0) is 9.59 Å². The number of hydrogen-bond acceptors (Lipinski definition) is 3. The molecule has 1 aliphatic rings. The second-order valence-corrected chi connectivity index (χ2v) is 4.26. The molecule has 0 aliphatic carbocycles. The number of carbonyl (C=O) groups is 2. The fourth-order valence-corrected chi connectivity index (χ4v) is 1.68. The van der Waals surface area contributed by atoms with Gasteiger partial charge in [-0.1, -0.05) is 19.1 Å². The van der Waals surface area contributed by atoms with Gasteiger partial charge in [-0.15, -0.1) is 0 Å². The van der Waals surface area contributed by atoms with Crippen LogP contribution in [0, 0.1) is 0 Å². The first-order valence-electron chi connectivity index (χ1n) is 5.97. The first-order valence-corrected chi connectivity index (χ1v) is 5.97. The number of benzene rings is 1. The molecule has 1 unspecified atom stereocenters. The Bertz CT molecular complexity index is 473. The van der Waals surface area contributed by atoms with Crippen LogP contribution in [0.25, 0.3) is 0 Å². The quantitative estimate of drug-likeness (QED) is 0.802. The lowest BCUT2D eigenvalue weighted by Crippen LogP contribution is -2.45. The third-order valence-electron chi connectivity index (χ3n) is 2.93. The molecule has 2 rings (SSSR count). The first-order chi connectivity index (χ1) is 8.63. The molecule has 0 saturated heterocycles. The van der Waals surface area contributed by atoms with E-state index < -0.39 is 11.8 Å². The Hall–Kier alpha value is -2.04. The number of ether oxygens (including phenoxy) is 1. The predicted molar refractivity (Wildman–Crippen MR) is 67.3 cm³/mol. The van der Waals surface area contributed by atoms with Gasteiger partial charge in [-0.3, -0.25) is 14.5 Å². The monoisotopic (exact) mass is 248 g/mol. The van der Waals surface area contributed by atoms with Crippen molar-refractivity contribution in [3.05, 3.63) is 24.3 Å². The molecule has 1 N–H and O–H groups in total. The lowest BCUT2D eigenvalue weighted by Gasteiger charge is -2.16. The maximum atomic E-state index is 12.0. The molecule has 5 nitrogen and oxygen atoms in total. The molecule has 1 aromatic carbocycles. The van der Waals surface area contributed by atoms with Crippen LogP contribution in [0.2, 0.25) is 0 Å². The van der Waals surface area contributed by atoms with E-state index in [-0.39, 0.29) is 12.8 Å². The summed E-state index contributed by atoms with van der Waals surface area (Å²) in [5.74, 6) is -0.549. The summed E-state index contributed by atoms with van der Waals surface area (Å²) >= 11 is 0. The van der Waals surface area contributed by atoms with Gasteiger partial charge in [-0.2, -0.15) is 0 Å². The Morgan fingerprint density at radius 1 is 1.44 bits per heavy atom. The van der Waals surface area contributed by atoms with Crippen molar-refractivity contribution < 1.29 is 14.3 Å². The highest BCUT2D eigenvalue weighted by molar-refractivity contribution is 6.40. The van der Waals surface area contributed by atoms with Crippen molar-refractivity contribution in [3.8, 4) is 5.75 Å². The van der Waals surface area contributed by atoms with E-state index in [1.165, 1.54) is 4.90 Å². The normalized spacial score (nSPS) is 14.7. The minimum absolute atomic E-state index is 0.0137. The Morgan fingerprint density at radius 2 is 2.17 bits per heavy atom. The molecule has 0 bridgehead atoms. The second kappa shape index (κ2) is 5.08. The van der Waals surface area contributed by atoms with E-state index in [1.807, 2.05) is 19.9 Å². The van der Waals surface area contributed by atoms with Crippen molar-refractivity contribution in [1.29, 1.82) is 0 Å². The molecular weight excluding hydrogens is 232 g/mol. The van der Waals surface area contributed by atoms with Gasteiger partial charge in [0.05, 0.1) is 5.69 Å². The van der Waals surface area contributed by atoms with Crippen molar-refractivity contribution >= 4 is 17.5 Å². The third-order valence-corrected chi connectivity index (χ3v) is 2.93. The van der Waals surface area contributed by atoms with E-state index in [0.717, 1.165) is 6.42 Å². The van der Waals surface area contributed by atoms with Gasteiger partial charge in [0.25, 0.3) is 0 Å². The van der Waals surface area contributed by atoms with Gasteiger partial charge >= 0.3 is 11.8 Å². The van der Waals surface area contributed by atoms with E-state index in [1.54, 1.807) is 18.2 Å². The molecule has 1 aromatic rings. The molecule has 18 heavy (non-hydrogen) atoms.